The van der Waals surface area contributed by atoms with Crippen LogP contribution >= 0.6 is 0 Å². The molecule has 0 aliphatic carbocycles. The molecule has 2 amide bonds. The average molecular weight is 331 g/mol. The van der Waals surface area contributed by atoms with E-state index in [2.05, 4.69) is 15.6 Å². The third kappa shape index (κ3) is 5.31. The molecule has 2 atom stereocenters. The van der Waals surface area contributed by atoms with Crippen molar-refractivity contribution in [2.24, 2.45) is 0 Å². The number of hydrogen-bond donors (Lipinski definition) is 3. The van der Waals surface area contributed by atoms with E-state index in [-0.39, 0.29) is 5.82 Å². The second kappa shape index (κ2) is 8.98. The molecule has 0 fully saturated rings. The zero-order valence-electron chi connectivity index (χ0n) is 13.6. The number of aliphatic hydroxyl groups is 1. The molecule has 24 heavy (non-hydrogen) atoms. The van der Waals surface area contributed by atoms with Crippen LogP contribution in [0, 0.1) is 5.82 Å². The van der Waals surface area contributed by atoms with Gasteiger partial charge in [-0.25, -0.2) is 9.18 Å². The number of amides is 2. The summed E-state index contributed by atoms with van der Waals surface area (Å²) in [6.07, 6.45) is 2.32. The van der Waals surface area contributed by atoms with Crippen LogP contribution in [0.5, 0.6) is 0 Å². The largest absolute Gasteiger partial charge is 0.393 e. The molecule has 1 aromatic heterocycles. The summed E-state index contributed by atoms with van der Waals surface area (Å²) in [5.74, 6) is -0.373. The summed E-state index contributed by atoms with van der Waals surface area (Å²) >= 11 is 0. The fraction of sp³-hybridized carbons (Fsp3) is 0.333. The van der Waals surface area contributed by atoms with Gasteiger partial charge >= 0.3 is 6.03 Å². The first-order chi connectivity index (χ1) is 11.6. The molecule has 2 unspecified atom stereocenters. The first kappa shape index (κ1) is 17.9. The summed E-state index contributed by atoms with van der Waals surface area (Å²) in [5.41, 5.74) is 1.23. The van der Waals surface area contributed by atoms with Gasteiger partial charge in [0.1, 0.15) is 5.82 Å². The summed E-state index contributed by atoms with van der Waals surface area (Å²) in [4.78, 5) is 16.4. The third-order valence-electron chi connectivity index (χ3n) is 3.68. The smallest absolute Gasteiger partial charge is 0.315 e. The molecule has 0 spiro atoms. The van der Waals surface area contributed by atoms with Gasteiger partial charge in [-0.1, -0.05) is 25.1 Å². The highest BCUT2D eigenvalue weighted by atomic mass is 19.1. The summed E-state index contributed by atoms with van der Waals surface area (Å²) in [5, 5.41) is 15.0. The molecule has 0 aliphatic rings. The number of nitrogens with one attached hydrogen (secondary N) is 2. The molecule has 128 valence electrons. The number of pyridine rings is 1. The van der Waals surface area contributed by atoms with Crippen LogP contribution in [0.1, 0.15) is 37.1 Å². The molecule has 0 radical (unpaired) electrons. The Balaban J connectivity index is 2.08. The van der Waals surface area contributed by atoms with Crippen LogP contribution in [0.25, 0.3) is 0 Å². The lowest BCUT2D eigenvalue weighted by atomic mass is 10.0. The molecular formula is C18H22FN3O2. The molecule has 1 aromatic carbocycles. The Kier molecular flexibility index (Phi) is 6.69. The Morgan fingerprint density at radius 2 is 2.12 bits per heavy atom. The van der Waals surface area contributed by atoms with E-state index in [1.54, 1.807) is 30.5 Å². The van der Waals surface area contributed by atoms with Crippen molar-refractivity contribution < 1.29 is 14.3 Å². The number of halogens is 1. The number of carbonyl (C=O) groups excluding carboxylic acids is 1. The van der Waals surface area contributed by atoms with Crippen molar-refractivity contribution in [2.75, 3.05) is 6.54 Å². The van der Waals surface area contributed by atoms with Gasteiger partial charge in [0.15, 0.2) is 0 Å². The second-order valence-electron chi connectivity index (χ2n) is 5.49. The van der Waals surface area contributed by atoms with Crippen LogP contribution in [0.4, 0.5) is 9.18 Å². The summed E-state index contributed by atoms with van der Waals surface area (Å²) in [6.45, 7) is 2.24. The van der Waals surface area contributed by atoms with E-state index in [0.29, 0.717) is 30.6 Å². The molecule has 3 N–H and O–H groups in total. The van der Waals surface area contributed by atoms with Gasteiger partial charge in [0.25, 0.3) is 0 Å². The van der Waals surface area contributed by atoms with E-state index in [1.807, 2.05) is 13.0 Å². The molecule has 0 saturated carbocycles. The summed E-state index contributed by atoms with van der Waals surface area (Å²) in [7, 11) is 0. The van der Waals surface area contributed by atoms with Crippen LogP contribution in [0.3, 0.4) is 0 Å². The van der Waals surface area contributed by atoms with Crippen molar-refractivity contribution in [2.45, 2.75) is 31.9 Å². The predicted molar refractivity (Wildman–Crippen MR) is 89.9 cm³/mol. The van der Waals surface area contributed by atoms with Crippen molar-refractivity contribution in [3.05, 3.63) is 65.7 Å². The van der Waals surface area contributed by atoms with E-state index in [1.165, 1.54) is 12.1 Å². The second-order valence-corrected chi connectivity index (χ2v) is 5.49. The zero-order chi connectivity index (χ0) is 17.4. The van der Waals surface area contributed by atoms with Crippen LogP contribution in [-0.4, -0.2) is 28.8 Å². The molecule has 5 nitrogen and oxygen atoms in total. The van der Waals surface area contributed by atoms with Crippen molar-refractivity contribution in [1.82, 2.24) is 15.6 Å². The number of benzene rings is 1. The lowest BCUT2D eigenvalue weighted by Gasteiger charge is -2.19. The quantitative estimate of drug-likeness (QED) is 0.730. The maximum absolute atomic E-state index is 13.5. The molecule has 6 heteroatoms. The van der Waals surface area contributed by atoms with Crippen molar-refractivity contribution in [1.29, 1.82) is 0 Å². The average Bonchev–Trinajstić information content (AvgIpc) is 2.60. The van der Waals surface area contributed by atoms with Crippen molar-refractivity contribution in [3.8, 4) is 0 Å². The first-order valence-electron chi connectivity index (χ1n) is 7.99. The number of carbonyl (C=O) groups is 1. The number of hydrogen-bond acceptors (Lipinski definition) is 3. The van der Waals surface area contributed by atoms with Gasteiger partial charge in [-0.3, -0.25) is 4.98 Å². The van der Waals surface area contributed by atoms with Gasteiger partial charge in [-0.15, -0.1) is 0 Å². The molecule has 0 bridgehead atoms. The maximum atomic E-state index is 13.5. The number of nitrogens with zero attached hydrogens (tertiary/aromatic N) is 1. The van der Waals surface area contributed by atoms with Gasteiger partial charge in [-0.05, 0) is 42.7 Å². The molecule has 2 rings (SSSR count). The SMILES string of the molecule is CCC(O)CCNC(=O)NC(c1cccc(F)c1)c1ccccn1. The van der Waals surface area contributed by atoms with E-state index >= 15 is 0 Å². The maximum Gasteiger partial charge on any atom is 0.315 e. The highest BCUT2D eigenvalue weighted by Gasteiger charge is 2.18. The molecule has 0 aliphatic heterocycles. The third-order valence-corrected chi connectivity index (χ3v) is 3.68. The highest BCUT2D eigenvalue weighted by Crippen LogP contribution is 2.20. The fourth-order valence-corrected chi connectivity index (χ4v) is 2.30. The molecular weight excluding hydrogens is 309 g/mol. The zero-order valence-corrected chi connectivity index (χ0v) is 13.6. The lowest BCUT2D eigenvalue weighted by molar-refractivity contribution is 0.160. The first-order valence-corrected chi connectivity index (χ1v) is 7.99. The van der Waals surface area contributed by atoms with E-state index < -0.39 is 18.2 Å². The number of aliphatic hydroxyl groups excluding tert-OH is 1. The van der Waals surface area contributed by atoms with Gasteiger partial charge in [-0.2, -0.15) is 0 Å². The lowest BCUT2D eigenvalue weighted by Crippen LogP contribution is -2.39. The monoisotopic (exact) mass is 331 g/mol. The van der Waals surface area contributed by atoms with Gasteiger partial charge in [0, 0.05) is 12.7 Å². The predicted octanol–water partition coefficient (Wildman–Crippen LogP) is 2.77. The normalized spacial score (nSPS) is 13.1. The number of urea groups is 1. The number of aromatic nitrogens is 1. The standard InChI is InChI=1S/C18H22FN3O2/c1-2-15(23)9-11-21-18(24)22-17(16-8-3-4-10-20-16)13-6-5-7-14(19)12-13/h3-8,10,12,15,17,23H,2,9,11H2,1H3,(H2,21,22,24). The van der Waals surface area contributed by atoms with Crippen LogP contribution in [-0.2, 0) is 0 Å². The van der Waals surface area contributed by atoms with Gasteiger partial charge in [0.05, 0.1) is 17.8 Å². The van der Waals surface area contributed by atoms with Crippen molar-refractivity contribution in [3.63, 3.8) is 0 Å². The van der Waals surface area contributed by atoms with Crippen LogP contribution in [0.2, 0.25) is 0 Å². The Hall–Kier alpha value is -2.47. The minimum atomic E-state index is -0.557. The van der Waals surface area contributed by atoms with E-state index in [4.69, 9.17) is 0 Å². The summed E-state index contributed by atoms with van der Waals surface area (Å²) < 4.78 is 13.5. The molecule has 2 aromatic rings. The highest BCUT2D eigenvalue weighted by molar-refractivity contribution is 5.74. The van der Waals surface area contributed by atoms with Crippen LogP contribution in [0.15, 0.2) is 48.7 Å². The molecule has 1 heterocycles. The minimum Gasteiger partial charge on any atom is -0.393 e. The Morgan fingerprint density at radius 3 is 2.79 bits per heavy atom. The fourth-order valence-electron chi connectivity index (χ4n) is 2.30. The Bertz CT molecular complexity index is 652. The van der Waals surface area contributed by atoms with Gasteiger partial charge in [0.2, 0.25) is 0 Å². The molecule has 0 saturated heterocycles. The van der Waals surface area contributed by atoms with E-state index in [9.17, 15) is 14.3 Å². The Labute approximate surface area is 140 Å². The minimum absolute atomic E-state index is 0.360. The summed E-state index contributed by atoms with van der Waals surface area (Å²) in [6, 6.07) is 10.5. The van der Waals surface area contributed by atoms with Crippen LogP contribution < -0.4 is 10.6 Å². The van der Waals surface area contributed by atoms with E-state index in [0.717, 1.165) is 0 Å². The van der Waals surface area contributed by atoms with Crippen molar-refractivity contribution >= 4 is 6.03 Å². The Morgan fingerprint density at radius 1 is 1.29 bits per heavy atom. The van der Waals surface area contributed by atoms with Gasteiger partial charge < -0.3 is 15.7 Å². The number of rotatable bonds is 7. The topological polar surface area (TPSA) is 74.2 Å².